The molecule has 18 heavy (non-hydrogen) atoms. The maximum atomic E-state index is 4.45. The highest BCUT2D eigenvalue weighted by molar-refractivity contribution is 9.10. The molecule has 4 unspecified atom stereocenters. The van der Waals surface area contributed by atoms with Gasteiger partial charge in [-0.2, -0.15) is 0 Å². The van der Waals surface area contributed by atoms with Crippen LogP contribution in [0.1, 0.15) is 38.2 Å². The predicted octanol–water partition coefficient (Wildman–Crippen LogP) is 4.39. The Hall–Kier alpha value is -0.570. The molecule has 0 amide bonds. The Kier molecular flexibility index (Phi) is 3.35. The first-order chi connectivity index (χ1) is 8.65. The number of aromatic nitrogens is 1. The van der Waals surface area contributed by atoms with Gasteiger partial charge in [0.1, 0.15) is 5.82 Å². The Bertz CT molecular complexity index is 446. The summed E-state index contributed by atoms with van der Waals surface area (Å²) in [6, 6.07) is 2.57. The Morgan fingerprint density at radius 2 is 2.22 bits per heavy atom. The molecular weight excluding hydrogens is 288 g/mol. The zero-order valence-electron chi connectivity index (χ0n) is 11.1. The molecule has 1 N–H and O–H groups in total. The summed E-state index contributed by atoms with van der Waals surface area (Å²) in [5, 5.41) is 3.62. The van der Waals surface area contributed by atoms with Crippen molar-refractivity contribution in [2.24, 2.45) is 17.8 Å². The third-order valence-electron chi connectivity index (χ3n) is 4.88. The van der Waals surface area contributed by atoms with E-state index in [0.29, 0.717) is 6.04 Å². The number of nitrogens with one attached hydrogen (secondary N) is 1. The Morgan fingerprint density at radius 1 is 1.39 bits per heavy atom. The lowest BCUT2D eigenvalue weighted by atomic mass is 9.84. The number of fused-ring (bicyclic) bond motifs is 2. The predicted molar refractivity (Wildman–Crippen MR) is 78.7 cm³/mol. The molecule has 4 atom stereocenters. The van der Waals surface area contributed by atoms with E-state index < -0.39 is 0 Å². The zero-order valence-corrected chi connectivity index (χ0v) is 12.7. The number of anilines is 1. The summed E-state index contributed by atoms with van der Waals surface area (Å²) in [5.41, 5.74) is 1.24. The van der Waals surface area contributed by atoms with Crippen molar-refractivity contribution in [2.45, 2.75) is 45.6 Å². The van der Waals surface area contributed by atoms with Crippen LogP contribution in [0.15, 0.2) is 16.7 Å². The maximum absolute atomic E-state index is 4.45. The minimum atomic E-state index is 0.533. The first-order valence-corrected chi connectivity index (χ1v) is 7.82. The van der Waals surface area contributed by atoms with Crippen LogP contribution in [0.3, 0.4) is 0 Å². The molecule has 2 bridgehead atoms. The highest BCUT2D eigenvalue weighted by atomic mass is 79.9. The van der Waals surface area contributed by atoms with Gasteiger partial charge in [0.25, 0.3) is 0 Å². The second-order valence-corrected chi connectivity index (χ2v) is 6.86. The van der Waals surface area contributed by atoms with Gasteiger partial charge in [-0.15, -0.1) is 0 Å². The van der Waals surface area contributed by atoms with Crippen molar-refractivity contribution in [2.75, 3.05) is 5.32 Å². The normalized spacial score (nSPS) is 31.6. The van der Waals surface area contributed by atoms with Gasteiger partial charge in [0.05, 0.1) is 4.47 Å². The Balaban J connectivity index is 1.71. The first-order valence-electron chi connectivity index (χ1n) is 7.02. The van der Waals surface area contributed by atoms with E-state index in [9.17, 15) is 0 Å². The fourth-order valence-corrected chi connectivity index (χ4v) is 4.22. The van der Waals surface area contributed by atoms with Gasteiger partial charge >= 0.3 is 0 Å². The summed E-state index contributed by atoms with van der Waals surface area (Å²) in [5.74, 6) is 3.82. The standard InChI is InChI=1S/C15H21BrN2/c1-9-5-6-17-15(14(9)16)18-10(2)13-8-11-3-4-12(13)7-11/h5-6,10-13H,3-4,7-8H2,1-2H3,(H,17,18). The molecule has 0 spiro atoms. The minimum absolute atomic E-state index is 0.533. The third kappa shape index (κ3) is 2.18. The molecule has 1 aromatic heterocycles. The number of rotatable bonds is 3. The van der Waals surface area contributed by atoms with Crippen LogP contribution in [-0.2, 0) is 0 Å². The molecule has 3 rings (SSSR count). The number of nitrogens with zero attached hydrogens (tertiary/aromatic N) is 1. The van der Waals surface area contributed by atoms with Crippen LogP contribution in [0, 0.1) is 24.7 Å². The molecular formula is C15H21BrN2. The van der Waals surface area contributed by atoms with E-state index in [2.05, 4.69) is 40.1 Å². The van der Waals surface area contributed by atoms with Crippen LogP contribution >= 0.6 is 15.9 Å². The lowest BCUT2D eigenvalue weighted by Gasteiger charge is -2.29. The lowest BCUT2D eigenvalue weighted by Crippen LogP contribution is -2.30. The number of hydrogen-bond acceptors (Lipinski definition) is 2. The zero-order chi connectivity index (χ0) is 12.7. The quantitative estimate of drug-likeness (QED) is 0.896. The number of aryl methyl sites for hydroxylation is 1. The number of pyridine rings is 1. The molecule has 0 saturated heterocycles. The number of hydrogen-bond donors (Lipinski definition) is 1. The van der Waals surface area contributed by atoms with E-state index in [1.165, 1.54) is 31.2 Å². The highest BCUT2D eigenvalue weighted by Crippen LogP contribution is 2.49. The van der Waals surface area contributed by atoms with Gasteiger partial charge in [-0.3, -0.25) is 0 Å². The van der Waals surface area contributed by atoms with Crippen LogP contribution in [0.4, 0.5) is 5.82 Å². The lowest BCUT2D eigenvalue weighted by molar-refractivity contribution is 0.304. The van der Waals surface area contributed by atoms with Crippen molar-refractivity contribution in [3.8, 4) is 0 Å². The van der Waals surface area contributed by atoms with Gasteiger partial charge in [-0.05, 0) is 78.4 Å². The molecule has 2 saturated carbocycles. The van der Waals surface area contributed by atoms with E-state index in [4.69, 9.17) is 0 Å². The molecule has 2 aliphatic carbocycles. The summed E-state index contributed by atoms with van der Waals surface area (Å²) < 4.78 is 1.11. The number of halogens is 1. The summed E-state index contributed by atoms with van der Waals surface area (Å²) in [4.78, 5) is 4.45. The second kappa shape index (κ2) is 4.84. The van der Waals surface area contributed by atoms with Crippen LogP contribution in [-0.4, -0.2) is 11.0 Å². The monoisotopic (exact) mass is 308 g/mol. The maximum Gasteiger partial charge on any atom is 0.140 e. The molecule has 98 valence electrons. The average Bonchev–Trinajstić information content (AvgIpc) is 2.97. The van der Waals surface area contributed by atoms with E-state index >= 15 is 0 Å². The van der Waals surface area contributed by atoms with Gasteiger partial charge in [0, 0.05) is 12.2 Å². The SMILES string of the molecule is Cc1ccnc(NC(C)C2CC3CCC2C3)c1Br. The van der Waals surface area contributed by atoms with Gasteiger partial charge in [0.15, 0.2) is 0 Å². The van der Waals surface area contributed by atoms with Crippen molar-refractivity contribution in [1.82, 2.24) is 4.98 Å². The van der Waals surface area contributed by atoms with E-state index in [0.717, 1.165) is 28.0 Å². The Labute approximate surface area is 118 Å². The van der Waals surface area contributed by atoms with Gasteiger partial charge in [-0.1, -0.05) is 6.42 Å². The van der Waals surface area contributed by atoms with Crippen LogP contribution in [0.2, 0.25) is 0 Å². The van der Waals surface area contributed by atoms with E-state index in [-0.39, 0.29) is 0 Å². The van der Waals surface area contributed by atoms with Crippen LogP contribution < -0.4 is 5.32 Å². The first kappa shape index (κ1) is 12.5. The molecule has 2 fully saturated rings. The molecule has 1 aromatic rings. The highest BCUT2D eigenvalue weighted by Gasteiger charge is 2.41. The fraction of sp³-hybridized carbons (Fsp3) is 0.667. The average molecular weight is 309 g/mol. The summed E-state index contributed by atoms with van der Waals surface area (Å²) >= 11 is 3.63. The summed E-state index contributed by atoms with van der Waals surface area (Å²) in [6.45, 7) is 4.43. The molecule has 0 radical (unpaired) electrons. The molecule has 0 aliphatic heterocycles. The third-order valence-corrected chi connectivity index (χ3v) is 5.88. The van der Waals surface area contributed by atoms with Crippen molar-refractivity contribution >= 4 is 21.7 Å². The smallest absolute Gasteiger partial charge is 0.140 e. The minimum Gasteiger partial charge on any atom is -0.366 e. The molecule has 2 nitrogen and oxygen atoms in total. The Morgan fingerprint density at radius 3 is 2.89 bits per heavy atom. The van der Waals surface area contributed by atoms with E-state index in [1.807, 2.05) is 12.3 Å². The fourth-order valence-electron chi connectivity index (χ4n) is 3.87. The van der Waals surface area contributed by atoms with Crippen LogP contribution in [0.25, 0.3) is 0 Å². The molecule has 2 aliphatic rings. The van der Waals surface area contributed by atoms with Gasteiger partial charge < -0.3 is 5.32 Å². The molecule has 0 aromatic carbocycles. The summed E-state index contributed by atoms with van der Waals surface area (Å²) in [6.07, 6.45) is 7.70. The second-order valence-electron chi connectivity index (χ2n) is 6.06. The van der Waals surface area contributed by atoms with Crippen molar-refractivity contribution in [1.29, 1.82) is 0 Å². The molecule has 1 heterocycles. The van der Waals surface area contributed by atoms with E-state index in [1.54, 1.807) is 0 Å². The largest absolute Gasteiger partial charge is 0.366 e. The topological polar surface area (TPSA) is 24.9 Å². The van der Waals surface area contributed by atoms with Crippen molar-refractivity contribution in [3.05, 3.63) is 22.3 Å². The molecule has 3 heteroatoms. The van der Waals surface area contributed by atoms with Crippen molar-refractivity contribution in [3.63, 3.8) is 0 Å². The van der Waals surface area contributed by atoms with Gasteiger partial charge in [0.2, 0.25) is 0 Å². The van der Waals surface area contributed by atoms with Crippen molar-refractivity contribution < 1.29 is 0 Å². The summed E-state index contributed by atoms with van der Waals surface area (Å²) in [7, 11) is 0. The van der Waals surface area contributed by atoms with Crippen LogP contribution in [0.5, 0.6) is 0 Å². The van der Waals surface area contributed by atoms with Gasteiger partial charge in [-0.25, -0.2) is 4.98 Å².